The van der Waals surface area contributed by atoms with E-state index in [0.717, 1.165) is 43.4 Å². The molecule has 164 valence electrons. The standard InChI is InChI=1S/C23H36O6/c1-19-14-15-20(28-17-11-13-23(26)27)21(18-19)29-16-10-8-6-4-2-3-5-7-9-12-22(24)25/h14-15,18H,2-13,16-17H2,1H3,(H,24,25)(H,26,27). The number of aryl methyl sites for hydroxylation is 1. The van der Waals surface area contributed by atoms with Gasteiger partial charge in [-0.15, -0.1) is 0 Å². The third kappa shape index (κ3) is 13.6. The van der Waals surface area contributed by atoms with E-state index in [1.807, 2.05) is 25.1 Å². The smallest absolute Gasteiger partial charge is 0.303 e. The summed E-state index contributed by atoms with van der Waals surface area (Å²) < 4.78 is 11.6. The molecule has 29 heavy (non-hydrogen) atoms. The van der Waals surface area contributed by atoms with Crippen LogP contribution in [-0.2, 0) is 9.59 Å². The number of carboxylic acids is 2. The molecule has 0 atom stereocenters. The molecule has 0 saturated heterocycles. The van der Waals surface area contributed by atoms with Crippen LogP contribution in [0.5, 0.6) is 11.5 Å². The molecule has 0 aliphatic heterocycles. The molecule has 0 aliphatic rings. The monoisotopic (exact) mass is 408 g/mol. The maximum atomic E-state index is 10.6. The second-order valence-corrected chi connectivity index (χ2v) is 7.47. The van der Waals surface area contributed by atoms with Crippen LogP contribution in [0.1, 0.15) is 82.6 Å². The Morgan fingerprint density at radius 2 is 1.17 bits per heavy atom. The minimum Gasteiger partial charge on any atom is -0.490 e. The topological polar surface area (TPSA) is 93.1 Å². The summed E-state index contributed by atoms with van der Waals surface area (Å²) in [5, 5.41) is 17.3. The highest BCUT2D eigenvalue weighted by Gasteiger charge is 2.06. The average Bonchev–Trinajstić information content (AvgIpc) is 2.67. The van der Waals surface area contributed by atoms with Gasteiger partial charge in [-0.3, -0.25) is 9.59 Å². The van der Waals surface area contributed by atoms with Crippen LogP contribution >= 0.6 is 0 Å². The Balaban J connectivity index is 2.10. The van der Waals surface area contributed by atoms with Gasteiger partial charge in [0.15, 0.2) is 11.5 Å². The lowest BCUT2D eigenvalue weighted by molar-refractivity contribution is -0.138. The highest BCUT2D eigenvalue weighted by atomic mass is 16.5. The van der Waals surface area contributed by atoms with Crippen molar-refractivity contribution < 1.29 is 29.3 Å². The fourth-order valence-electron chi connectivity index (χ4n) is 3.05. The Bertz CT molecular complexity index is 599. The number of carboxylic acid groups (broad SMARTS) is 2. The second kappa shape index (κ2) is 15.7. The number of ether oxygens (including phenoxy) is 2. The summed E-state index contributed by atoms with van der Waals surface area (Å²) in [6.07, 6.45) is 10.7. The first-order valence-electron chi connectivity index (χ1n) is 10.8. The van der Waals surface area contributed by atoms with Crippen LogP contribution in [0, 0.1) is 6.92 Å². The van der Waals surface area contributed by atoms with Crippen molar-refractivity contribution in [3.8, 4) is 11.5 Å². The number of rotatable bonds is 18. The molecule has 0 spiro atoms. The number of carbonyl (C=O) groups is 2. The quantitative estimate of drug-likeness (QED) is 0.307. The third-order valence-electron chi connectivity index (χ3n) is 4.68. The largest absolute Gasteiger partial charge is 0.490 e. The van der Waals surface area contributed by atoms with Crippen molar-refractivity contribution in [1.82, 2.24) is 0 Å². The first-order chi connectivity index (χ1) is 14.0. The van der Waals surface area contributed by atoms with Crippen molar-refractivity contribution in [2.75, 3.05) is 13.2 Å². The summed E-state index contributed by atoms with van der Waals surface area (Å²) >= 11 is 0. The number of hydrogen-bond donors (Lipinski definition) is 2. The fraction of sp³-hybridized carbons (Fsp3) is 0.652. The highest BCUT2D eigenvalue weighted by molar-refractivity contribution is 5.66. The normalized spacial score (nSPS) is 10.7. The lowest BCUT2D eigenvalue weighted by Crippen LogP contribution is -2.04. The van der Waals surface area contributed by atoms with Crippen LogP contribution in [0.4, 0.5) is 0 Å². The van der Waals surface area contributed by atoms with Gasteiger partial charge < -0.3 is 19.7 Å². The van der Waals surface area contributed by atoms with E-state index in [-0.39, 0.29) is 12.8 Å². The zero-order valence-corrected chi connectivity index (χ0v) is 17.7. The third-order valence-corrected chi connectivity index (χ3v) is 4.68. The molecule has 6 nitrogen and oxygen atoms in total. The lowest BCUT2D eigenvalue weighted by Gasteiger charge is -2.13. The molecule has 0 fully saturated rings. The maximum Gasteiger partial charge on any atom is 0.303 e. The van der Waals surface area contributed by atoms with Gasteiger partial charge in [-0.05, 0) is 43.9 Å². The number of benzene rings is 1. The molecule has 0 bridgehead atoms. The molecule has 1 aromatic carbocycles. The number of unbranched alkanes of at least 4 members (excludes halogenated alkanes) is 8. The summed E-state index contributed by atoms with van der Waals surface area (Å²) in [5.41, 5.74) is 1.10. The Morgan fingerprint density at radius 1 is 0.690 bits per heavy atom. The molecule has 6 heteroatoms. The van der Waals surface area contributed by atoms with E-state index in [4.69, 9.17) is 19.7 Å². The van der Waals surface area contributed by atoms with Gasteiger partial charge in [-0.25, -0.2) is 0 Å². The molecule has 1 aromatic rings. The van der Waals surface area contributed by atoms with Crippen molar-refractivity contribution in [2.24, 2.45) is 0 Å². The van der Waals surface area contributed by atoms with E-state index in [1.165, 1.54) is 25.7 Å². The van der Waals surface area contributed by atoms with Crippen LogP contribution in [0.15, 0.2) is 18.2 Å². The van der Waals surface area contributed by atoms with Gasteiger partial charge in [0.05, 0.1) is 13.2 Å². The first kappa shape index (κ1) is 24.8. The van der Waals surface area contributed by atoms with Crippen LogP contribution in [0.25, 0.3) is 0 Å². The Kier molecular flexibility index (Phi) is 13.4. The van der Waals surface area contributed by atoms with Crippen molar-refractivity contribution in [3.05, 3.63) is 23.8 Å². The Hall–Kier alpha value is -2.24. The van der Waals surface area contributed by atoms with E-state index in [2.05, 4.69) is 0 Å². The summed E-state index contributed by atoms with van der Waals surface area (Å²) in [4.78, 5) is 21.0. The minimum absolute atomic E-state index is 0.102. The van der Waals surface area contributed by atoms with Gasteiger partial charge in [0, 0.05) is 12.8 Å². The molecule has 1 rings (SSSR count). The summed E-state index contributed by atoms with van der Waals surface area (Å²) in [5.74, 6) is -0.118. The molecule has 0 amide bonds. The zero-order chi connectivity index (χ0) is 21.3. The van der Waals surface area contributed by atoms with Crippen LogP contribution in [0.2, 0.25) is 0 Å². The van der Waals surface area contributed by atoms with Crippen molar-refractivity contribution in [2.45, 2.75) is 84.0 Å². The zero-order valence-electron chi connectivity index (χ0n) is 17.7. The van der Waals surface area contributed by atoms with E-state index >= 15 is 0 Å². The highest BCUT2D eigenvalue weighted by Crippen LogP contribution is 2.28. The molecule has 0 radical (unpaired) electrons. The molecule has 0 aliphatic carbocycles. The van der Waals surface area contributed by atoms with Crippen LogP contribution < -0.4 is 9.47 Å². The number of hydrogen-bond acceptors (Lipinski definition) is 4. The molecule has 2 N–H and O–H groups in total. The molecule has 0 unspecified atom stereocenters. The van der Waals surface area contributed by atoms with E-state index < -0.39 is 11.9 Å². The fourth-order valence-corrected chi connectivity index (χ4v) is 3.05. The molecular formula is C23H36O6. The van der Waals surface area contributed by atoms with Gasteiger partial charge in [0.2, 0.25) is 0 Å². The van der Waals surface area contributed by atoms with Crippen LogP contribution in [0.3, 0.4) is 0 Å². The van der Waals surface area contributed by atoms with E-state index in [9.17, 15) is 9.59 Å². The van der Waals surface area contributed by atoms with Gasteiger partial charge >= 0.3 is 11.9 Å². The second-order valence-electron chi connectivity index (χ2n) is 7.47. The Morgan fingerprint density at radius 3 is 1.79 bits per heavy atom. The van der Waals surface area contributed by atoms with Gasteiger partial charge in [0.1, 0.15) is 0 Å². The predicted octanol–water partition coefficient (Wildman–Crippen LogP) is 5.60. The maximum absolute atomic E-state index is 10.6. The van der Waals surface area contributed by atoms with Crippen molar-refractivity contribution >= 4 is 11.9 Å². The van der Waals surface area contributed by atoms with Crippen molar-refractivity contribution in [3.63, 3.8) is 0 Å². The molecule has 0 heterocycles. The van der Waals surface area contributed by atoms with Crippen molar-refractivity contribution in [1.29, 1.82) is 0 Å². The SMILES string of the molecule is Cc1ccc(OCCCC(=O)O)c(OCCCCCCCCCCCC(=O)O)c1. The van der Waals surface area contributed by atoms with Gasteiger partial charge in [-0.2, -0.15) is 0 Å². The average molecular weight is 409 g/mol. The summed E-state index contributed by atoms with van der Waals surface area (Å²) in [6.45, 7) is 3.01. The molecule has 0 saturated carbocycles. The minimum atomic E-state index is -0.813. The molecular weight excluding hydrogens is 372 g/mol. The van der Waals surface area contributed by atoms with Gasteiger partial charge in [-0.1, -0.05) is 51.0 Å². The van der Waals surface area contributed by atoms with E-state index in [0.29, 0.717) is 25.4 Å². The molecule has 0 aromatic heterocycles. The van der Waals surface area contributed by atoms with Gasteiger partial charge in [0.25, 0.3) is 0 Å². The lowest BCUT2D eigenvalue weighted by atomic mass is 10.1. The predicted molar refractivity (Wildman–Crippen MR) is 113 cm³/mol. The Labute approximate surface area is 174 Å². The summed E-state index contributed by atoms with van der Waals surface area (Å²) in [6, 6.07) is 5.79. The number of aliphatic carboxylic acids is 2. The van der Waals surface area contributed by atoms with E-state index in [1.54, 1.807) is 0 Å². The first-order valence-corrected chi connectivity index (χ1v) is 10.8. The van der Waals surface area contributed by atoms with Crippen LogP contribution in [-0.4, -0.2) is 35.4 Å². The summed E-state index contributed by atoms with van der Waals surface area (Å²) in [7, 11) is 0.